The van der Waals surface area contributed by atoms with E-state index in [1.807, 2.05) is 0 Å². The highest BCUT2D eigenvalue weighted by Gasteiger charge is 2.20. The predicted molar refractivity (Wildman–Crippen MR) is 112 cm³/mol. The summed E-state index contributed by atoms with van der Waals surface area (Å²) in [4.78, 5) is 5.20. The summed E-state index contributed by atoms with van der Waals surface area (Å²) in [7, 11) is 2.31. The summed E-state index contributed by atoms with van der Waals surface area (Å²) in [5.41, 5.74) is 0. The van der Waals surface area contributed by atoms with Crippen LogP contribution in [0, 0.1) is 29.6 Å². The zero-order valence-electron chi connectivity index (χ0n) is 17.8. The van der Waals surface area contributed by atoms with Crippen molar-refractivity contribution in [2.45, 2.75) is 79.1 Å². The molecule has 0 aromatic carbocycles. The number of nitrogens with zero attached hydrogens (tertiary/aromatic N) is 2. The molecule has 1 aliphatic rings. The Morgan fingerprint density at radius 1 is 1.08 bits per heavy atom. The second kappa shape index (κ2) is 13.7. The van der Waals surface area contributed by atoms with Gasteiger partial charge in [-0.05, 0) is 64.1 Å². The van der Waals surface area contributed by atoms with Gasteiger partial charge in [0.2, 0.25) is 0 Å². The highest BCUT2D eigenvalue weighted by Crippen LogP contribution is 2.19. The van der Waals surface area contributed by atoms with Crippen molar-refractivity contribution in [1.82, 2.24) is 9.80 Å². The van der Waals surface area contributed by atoms with Gasteiger partial charge in [-0.2, -0.15) is 0 Å². The maximum absolute atomic E-state index is 3.49. The Hall–Kier alpha value is -0.520. The van der Waals surface area contributed by atoms with Crippen molar-refractivity contribution in [3.8, 4) is 11.8 Å². The van der Waals surface area contributed by atoms with Crippen molar-refractivity contribution in [2.24, 2.45) is 17.8 Å². The van der Waals surface area contributed by atoms with Gasteiger partial charge in [0, 0.05) is 32.0 Å². The van der Waals surface area contributed by atoms with Gasteiger partial charge in [-0.25, -0.2) is 0 Å². The summed E-state index contributed by atoms with van der Waals surface area (Å²) in [5.74, 6) is 9.30. The highest BCUT2D eigenvalue weighted by atomic mass is 15.1. The lowest BCUT2D eigenvalue weighted by molar-refractivity contribution is 0.149. The molecule has 1 fully saturated rings. The van der Waals surface area contributed by atoms with Crippen molar-refractivity contribution in [2.75, 3.05) is 39.8 Å². The summed E-state index contributed by atoms with van der Waals surface area (Å²) >= 11 is 0. The van der Waals surface area contributed by atoms with Gasteiger partial charge in [-0.3, -0.25) is 0 Å². The average molecular weight is 349 g/mol. The molecule has 2 atom stereocenters. The van der Waals surface area contributed by atoms with E-state index in [2.05, 4.69) is 56.4 Å². The van der Waals surface area contributed by atoms with Crippen molar-refractivity contribution in [1.29, 1.82) is 0 Å². The van der Waals surface area contributed by atoms with Crippen LogP contribution >= 0.6 is 0 Å². The van der Waals surface area contributed by atoms with E-state index >= 15 is 0 Å². The second-order valence-corrected chi connectivity index (χ2v) is 8.37. The van der Waals surface area contributed by atoms with Gasteiger partial charge in [0.1, 0.15) is 0 Å². The predicted octanol–water partition coefficient (Wildman–Crippen LogP) is 5.29. The molecule has 0 N–H and O–H groups in total. The van der Waals surface area contributed by atoms with E-state index in [1.54, 1.807) is 0 Å². The Balaban J connectivity index is 2.18. The Kier molecular flexibility index (Phi) is 12.3. The van der Waals surface area contributed by atoms with Crippen LogP contribution in [0.4, 0.5) is 0 Å². The van der Waals surface area contributed by atoms with E-state index in [0.29, 0.717) is 5.92 Å². The van der Waals surface area contributed by atoms with Gasteiger partial charge in [0.25, 0.3) is 0 Å². The summed E-state index contributed by atoms with van der Waals surface area (Å²) < 4.78 is 0. The molecule has 1 aliphatic heterocycles. The number of hydrogen-bond acceptors (Lipinski definition) is 2. The minimum Gasteiger partial charge on any atom is -0.306 e. The summed E-state index contributed by atoms with van der Waals surface area (Å²) in [6.45, 7) is 15.5. The number of piperidine rings is 1. The lowest BCUT2D eigenvalue weighted by atomic mass is 9.95. The van der Waals surface area contributed by atoms with Gasteiger partial charge in [0.05, 0.1) is 0 Å². The molecule has 2 nitrogen and oxygen atoms in total. The lowest BCUT2D eigenvalue weighted by Gasteiger charge is -2.34. The standard InChI is InChI=1S/C23H44N2/c1-6-11-21(4)19-24(5)20-23-14-17-25(18-15-23)16-10-9-13-22(8-3)12-7-2/h21-23H,6-8,10-12,14-20H2,1-5H3. The van der Waals surface area contributed by atoms with E-state index in [-0.39, 0.29) is 0 Å². The monoisotopic (exact) mass is 348 g/mol. The quantitative estimate of drug-likeness (QED) is 0.468. The zero-order chi connectivity index (χ0) is 18.5. The fourth-order valence-electron chi connectivity index (χ4n) is 4.18. The molecule has 0 spiro atoms. The number of likely N-dealkylation sites (tertiary alicyclic amines) is 1. The SMILES string of the molecule is CCCC(C)CN(C)CC1CCN(CCC#CC(CC)CCC)CC1. The van der Waals surface area contributed by atoms with E-state index < -0.39 is 0 Å². The second-order valence-electron chi connectivity index (χ2n) is 8.37. The maximum atomic E-state index is 3.49. The molecule has 1 rings (SSSR count). The van der Waals surface area contributed by atoms with Gasteiger partial charge in [0.15, 0.2) is 0 Å². The number of rotatable bonds is 11. The molecule has 0 aromatic heterocycles. The number of hydrogen-bond donors (Lipinski definition) is 0. The highest BCUT2D eigenvalue weighted by molar-refractivity contribution is 5.03. The first-order valence-corrected chi connectivity index (χ1v) is 11.0. The first kappa shape index (κ1) is 22.5. The summed E-state index contributed by atoms with van der Waals surface area (Å²) in [5, 5.41) is 0. The van der Waals surface area contributed by atoms with Crippen LogP contribution in [0.1, 0.15) is 79.1 Å². The molecule has 1 heterocycles. The third kappa shape index (κ3) is 10.3. The van der Waals surface area contributed by atoms with Gasteiger partial charge in [-0.1, -0.05) is 46.5 Å². The molecule has 0 aliphatic carbocycles. The maximum Gasteiger partial charge on any atom is 0.0217 e. The molecule has 1 saturated heterocycles. The van der Waals surface area contributed by atoms with E-state index in [1.165, 1.54) is 77.7 Å². The van der Waals surface area contributed by atoms with E-state index in [0.717, 1.165) is 18.3 Å². The normalized spacial score (nSPS) is 18.8. The van der Waals surface area contributed by atoms with Crippen molar-refractivity contribution in [3.63, 3.8) is 0 Å². The van der Waals surface area contributed by atoms with Gasteiger partial charge >= 0.3 is 0 Å². The molecule has 25 heavy (non-hydrogen) atoms. The molecular formula is C23H44N2. The van der Waals surface area contributed by atoms with Crippen LogP contribution < -0.4 is 0 Å². The Bertz CT molecular complexity index is 373. The summed E-state index contributed by atoms with van der Waals surface area (Å²) in [6, 6.07) is 0. The average Bonchev–Trinajstić information content (AvgIpc) is 2.59. The fraction of sp³-hybridized carbons (Fsp3) is 0.913. The molecule has 0 radical (unpaired) electrons. The molecule has 146 valence electrons. The molecule has 0 amide bonds. The molecule has 2 heteroatoms. The van der Waals surface area contributed by atoms with Crippen LogP contribution in [0.2, 0.25) is 0 Å². The fourth-order valence-corrected chi connectivity index (χ4v) is 4.18. The third-order valence-corrected chi connectivity index (χ3v) is 5.67. The van der Waals surface area contributed by atoms with Crippen molar-refractivity contribution < 1.29 is 0 Å². The van der Waals surface area contributed by atoms with Crippen molar-refractivity contribution in [3.05, 3.63) is 0 Å². The first-order valence-electron chi connectivity index (χ1n) is 11.0. The third-order valence-electron chi connectivity index (χ3n) is 5.67. The topological polar surface area (TPSA) is 6.48 Å². The van der Waals surface area contributed by atoms with E-state index in [9.17, 15) is 0 Å². The van der Waals surface area contributed by atoms with Crippen LogP contribution in [0.5, 0.6) is 0 Å². The summed E-state index contributed by atoms with van der Waals surface area (Å²) in [6.07, 6.45) is 10.2. The van der Waals surface area contributed by atoms with Crippen molar-refractivity contribution >= 4 is 0 Å². The van der Waals surface area contributed by atoms with E-state index in [4.69, 9.17) is 0 Å². The Morgan fingerprint density at radius 3 is 2.36 bits per heavy atom. The van der Waals surface area contributed by atoms with Crippen LogP contribution in [-0.4, -0.2) is 49.6 Å². The minimum absolute atomic E-state index is 0.626. The smallest absolute Gasteiger partial charge is 0.0217 e. The molecule has 0 saturated carbocycles. The Labute approximate surface area is 158 Å². The van der Waals surface area contributed by atoms with Crippen LogP contribution in [0.15, 0.2) is 0 Å². The molecule has 0 bridgehead atoms. The van der Waals surface area contributed by atoms with Crippen LogP contribution in [-0.2, 0) is 0 Å². The first-order chi connectivity index (χ1) is 12.1. The minimum atomic E-state index is 0.626. The largest absolute Gasteiger partial charge is 0.306 e. The zero-order valence-corrected chi connectivity index (χ0v) is 17.8. The van der Waals surface area contributed by atoms with Gasteiger partial charge < -0.3 is 9.80 Å². The van der Waals surface area contributed by atoms with Crippen LogP contribution in [0.3, 0.4) is 0 Å². The molecule has 2 unspecified atom stereocenters. The lowest BCUT2D eigenvalue weighted by Crippen LogP contribution is -2.39. The molecule has 0 aromatic rings. The molecular weight excluding hydrogens is 304 g/mol. The van der Waals surface area contributed by atoms with Gasteiger partial charge in [-0.15, -0.1) is 5.92 Å². The Morgan fingerprint density at radius 2 is 1.76 bits per heavy atom. The van der Waals surface area contributed by atoms with Crippen LogP contribution in [0.25, 0.3) is 0 Å².